The third-order valence-corrected chi connectivity index (χ3v) is 5.07. The zero-order valence-electron chi connectivity index (χ0n) is 10.6. The summed E-state index contributed by atoms with van der Waals surface area (Å²) in [5.41, 5.74) is 1.04. The molecule has 1 unspecified atom stereocenters. The zero-order valence-corrected chi connectivity index (χ0v) is 12.2. The maximum atomic E-state index is 11.3. The van der Waals surface area contributed by atoms with Gasteiger partial charge in [-0.15, -0.1) is 0 Å². The van der Waals surface area contributed by atoms with Gasteiger partial charge in [-0.2, -0.15) is 0 Å². The van der Waals surface area contributed by atoms with Crippen LogP contribution in [-0.2, 0) is 21.2 Å². The molecule has 2 rings (SSSR count). The van der Waals surface area contributed by atoms with Crippen LogP contribution in [0.15, 0.2) is 24.3 Å². The second-order valence-corrected chi connectivity index (χ2v) is 7.40. The first-order valence-electron chi connectivity index (χ1n) is 6.31. The minimum atomic E-state index is -2.80. The molecule has 4 nitrogen and oxygen atoms in total. The lowest BCUT2D eigenvalue weighted by Gasteiger charge is -2.10. The molecule has 0 amide bonds. The number of rotatable bonds is 6. The highest BCUT2D eigenvalue weighted by molar-refractivity contribution is 7.91. The average Bonchev–Trinajstić information content (AvgIpc) is 2.69. The Morgan fingerprint density at radius 2 is 2.26 bits per heavy atom. The van der Waals surface area contributed by atoms with Gasteiger partial charge in [0.25, 0.3) is 0 Å². The van der Waals surface area contributed by atoms with E-state index in [0.717, 1.165) is 5.56 Å². The summed E-state index contributed by atoms with van der Waals surface area (Å²) in [5.74, 6) is 0.551. The largest absolute Gasteiger partial charge is 0.375 e. The molecule has 1 N–H and O–H groups in total. The molecule has 0 saturated carbocycles. The van der Waals surface area contributed by atoms with Crippen molar-refractivity contribution in [1.82, 2.24) is 5.32 Å². The van der Waals surface area contributed by atoms with Crippen molar-refractivity contribution in [3.05, 3.63) is 34.9 Å². The molecule has 1 aliphatic heterocycles. The monoisotopic (exact) mass is 303 g/mol. The van der Waals surface area contributed by atoms with E-state index in [-0.39, 0.29) is 11.8 Å². The summed E-state index contributed by atoms with van der Waals surface area (Å²) in [5, 5.41) is 3.91. The van der Waals surface area contributed by atoms with Crippen molar-refractivity contribution >= 4 is 21.4 Å². The number of hydrogen-bond acceptors (Lipinski definition) is 4. The Labute approximate surface area is 119 Å². The number of nitrogens with one attached hydrogen (secondary N) is 1. The molecule has 1 saturated heterocycles. The van der Waals surface area contributed by atoms with Gasteiger partial charge >= 0.3 is 0 Å². The van der Waals surface area contributed by atoms with Crippen molar-refractivity contribution in [3.63, 3.8) is 0 Å². The molecule has 1 aliphatic rings. The van der Waals surface area contributed by atoms with E-state index in [1.54, 1.807) is 0 Å². The molecule has 1 atom stereocenters. The normalized spacial score (nSPS) is 21.6. The minimum Gasteiger partial charge on any atom is -0.375 e. The third kappa shape index (κ3) is 5.10. The van der Waals surface area contributed by atoms with Gasteiger partial charge in [0.15, 0.2) is 9.84 Å². The predicted molar refractivity (Wildman–Crippen MR) is 76.2 cm³/mol. The molecule has 0 bridgehead atoms. The molecular weight excluding hydrogens is 286 g/mol. The second kappa shape index (κ2) is 6.70. The number of halogens is 1. The van der Waals surface area contributed by atoms with Crippen LogP contribution in [0.25, 0.3) is 0 Å². The lowest BCUT2D eigenvalue weighted by molar-refractivity contribution is 0.121. The molecule has 6 heteroatoms. The fraction of sp³-hybridized carbons (Fsp3) is 0.538. The Morgan fingerprint density at radius 1 is 1.42 bits per heavy atom. The van der Waals surface area contributed by atoms with Crippen molar-refractivity contribution in [2.24, 2.45) is 0 Å². The van der Waals surface area contributed by atoms with E-state index in [9.17, 15) is 8.42 Å². The van der Waals surface area contributed by atoms with Crippen molar-refractivity contribution in [1.29, 1.82) is 0 Å². The average molecular weight is 304 g/mol. The van der Waals surface area contributed by atoms with Crippen LogP contribution < -0.4 is 5.32 Å². The molecule has 0 aliphatic carbocycles. The lowest BCUT2D eigenvalue weighted by Crippen LogP contribution is -2.32. The minimum absolute atomic E-state index is 0.0831. The van der Waals surface area contributed by atoms with Crippen molar-refractivity contribution in [2.45, 2.75) is 19.1 Å². The van der Waals surface area contributed by atoms with Gasteiger partial charge in [0.1, 0.15) is 0 Å². The molecule has 1 fully saturated rings. The second-order valence-electron chi connectivity index (χ2n) is 4.74. The van der Waals surface area contributed by atoms with E-state index in [0.29, 0.717) is 37.0 Å². The van der Waals surface area contributed by atoms with Crippen LogP contribution in [0.5, 0.6) is 0 Å². The van der Waals surface area contributed by atoms with E-state index in [2.05, 4.69) is 5.32 Å². The highest BCUT2D eigenvalue weighted by Gasteiger charge is 2.26. The van der Waals surface area contributed by atoms with Gasteiger partial charge in [0, 0.05) is 17.6 Å². The van der Waals surface area contributed by atoms with Gasteiger partial charge in [0.05, 0.1) is 24.7 Å². The smallest absolute Gasteiger partial charge is 0.151 e. The molecule has 1 heterocycles. The van der Waals surface area contributed by atoms with Gasteiger partial charge in [-0.05, 0) is 24.1 Å². The standard InChI is InChI=1S/C13H18ClNO3S/c14-12-3-1-2-11(8-12)9-18-6-5-15-13-4-7-19(16,17)10-13/h1-3,8,13,15H,4-7,9-10H2. The van der Waals surface area contributed by atoms with Crippen LogP contribution in [0.2, 0.25) is 5.02 Å². The molecule has 106 valence electrons. The van der Waals surface area contributed by atoms with Gasteiger partial charge < -0.3 is 10.1 Å². The summed E-state index contributed by atoms with van der Waals surface area (Å²) in [6.07, 6.45) is 0.705. The lowest BCUT2D eigenvalue weighted by atomic mass is 10.2. The third-order valence-electron chi connectivity index (χ3n) is 3.07. The summed E-state index contributed by atoms with van der Waals surface area (Å²) in [4.78, 5) is 0. The first-order chi connectivity index (χ1) is 9.05. The maximum absolute atomic E-state index is 11.3. The highest BCUT2D eigenvalue weighted by Crippen LogP contribution is 2.12. The summed E-state index contributed by atoms with van der Waals surface area (Å²) in [6.45, 7) is 1.75. The predicted octanol–water partition coefficient (Wildman–Crippen LogP) is 1.63. The summed E-state index contributed by atoms with van der Waals surface area (Å²) < 4.78 is 28.0. The van der Waals surface area contributed by atoms with Gasteiger partial charge in [-0.1, -0.05) is 23.7 Å². The Morgan fingerprint density at radius 3 is 2.95 bits per heavy atom. The van der Waals surface area contributed by atoms with Gasteiger partial charge in [-0.25, -0.2) is 8.42 Å². The van der Waals surface area contributed by atoms with Crippen molar-refractivity contribution < 1.29 is 13.2 Å². The Kier molecular flexibility index (Phi) is 5.21. The van der Waals surface area contributed by atoms with E-state index in [1.165, 1.54) is 0 Å². The number of ether oxygens (including phenoxy) is 1. The first kappa shape index (κ1) is 14.8. The van der Waals surface area contributed by atoms with Crippen molar-refractivity contribution in [2.75, 3.05) is 24.7 Å². The van der Waals surface area contributed by atoms with Crippen LogP contribution in [0.3, 0.4) is 0 Å². The van der Waals surface area contributed by atoms with E-state index in [1.807, 2.05) is 24.3 Å². The Balaban J connectivity index is 1.60. The van der Waals surface area contributed by atoms with E-state index < -0.39 is 9.84 Å². The van der Waals surface area contributed by atoms with Crippen LogP contribution in [0, 0.1) is 0 Å². The quantitative estimate of drug-likeness (QED) is 0.812. The van der Waals surface area contributed by atoms with Gasteiger partial charge in [-0.3, -0.25) is 0 Å². The molecule has 0 aromatic heterocycles. The Bertz CT molecular complexity index is 518. The van der Waals surface area contributed by atoms with Crippen molar-refractivity contribution in [3.8, 4) is 0 Å². The highest BCUT2D eigenvalue weighted by atomic mass is 35.5. The molecule has 19 heavy (non-hydrogen) atoms. The summed E-state index contributed by atoms with van der Waals surface area (Å²) in [6, 6.07) is 7.64. The molecule has 1 aromatic rings. The summed E-state index contributed by atoms with van der Waals surface area (Å²) in [7, 11) is -2.80. The molecule has 0 spiro atoms. The molecular formula is C13H18ClNO3S. The fourth-order valence-electron chi connectivity index (χ4n) is 2.11. The zero-order chi connectivity index (χ0) is 13.7. The molecule has 0 radical (unpaired) electrons. The van der Waals surface area contributed by atoms with Crippen LogP contribution in [-0.4, -0.2) is 39.1 Å². The number of hydrogen-bond donors (Lipinski definition) is 1. The van der Waals surface area contributed by atoms with Crippen LogP contribution in [0.1, 0.15) is 12.0 Å². The molecule has 1 aromatic carbocycles. The fourth-order valence-corrected chi connectivity index (χ4v) is 4.03. The summed E-state index contributed by atoms with van der Waals surface area (Å²) >= 11 is 5.87. The number of benzene rings is 1. The van der Waals surface area contributed by atoms with Crippen LogP contribution in [0.4, 0.5) is 0 Å². The Hall–Kier alpha value is -0.620. The van der Waals surface area contributed by atoms with E-state index in [4.69, 9.17) is 16.3 Å². The van der Waals surface area contributed by atoms with Crippen LogP contribution >= 0.6 is 11.6 Å². The first-order valence-corrected chi connectivity index (χ1v) is 8.51. The maximum Gasteiger partial charge on any atom is 0.151 e. The van der Waals surface area contributed by atoms with Gasteiger partial charge in [0.2, 0.25) is 0 Å². The van der Waals surface area contributed by atoms with E-state index >= 15 is 0 Å². The topological polar surface area (TPSA) is 55.4 Å². The number of sulfone groups is 1. The SMILES string of the molecule is O=S1(=O)CCC(NCCOCc2cccc(Cl)c2)C1.